The van der Waals surface area contributed by atoms with Gasteiger partial charge in [-0.2, -0.15) is 0 Å². The highest BCUT2D eigenvalue weighted by Crippen LogP contribution is 2.13. The number of hydrogen-bond acceptors (Lipinski definition) is 4. The zero-order valence-corrected chi connectivity index (χ0v) is 14.9. The summed E-state index contributed by atoms with van der Waals surface area (Å²) in [5.41, 5.74) is 0.696. The predicted molar refractivity (Wildman–Crippen MR) is 94.5 cm³/mol. The van der Waals surface area contributed by atoms with Crippen LogP contribution in [0.25, 0.3) is 0 Å². The van der Waals surface area contributed by atoms with Gasteiger partial charge in [0.05, 0.1) is 11.7 Å². The number of hydrogen-bond donors (Lipinski definition) is 1. The summed E-state index contributed by atoms with van der Waals surface area (Å²) < 4.78 is 6.05. The Bertz CT molecular complexity index is 444. The van der Waals surface area contributed by atoms with Gasteiger partial charge in [0.25, 0.3) is 0 Å². The summed E-state index contributed by atoms with van der Waals surface area (Å²) >= 11 is 0. The standard InChI is InChI=1S/C19H32N2O2/c1-4-20(16-19(2,3)22)14-18-15-21(11-8-12-23-18)13-17-9-6-5-7-10-17/h5-7,9-10,18,22H,4,8,11-16H2,1-3H3. The average molecular weight is 320 g/mol. The molecule has 0 aliphatic carbocycles. The van der Waals surface area contributed by atoms with Crippen LogP contribution in [0.5, 0.6) is 0 Å². The Hall–Kier alpha value is -0.940. The molecule has 1 aromatic rings. The topological polar surface area (TPSA) is 35.9 Å². The second-order valence-electron chi connectivity index (χ2n) is 7.21. The van der Waals surface area contributed by atoms with Crippen LogP contribution in [-0.2, 0) is 11.3 Å². The van der Waals surface area contributed by atoms with E-state index in [0.29, 0.717) is 6.54 Å². The van der Waals surface area contributed by atoms with Crippen molar-refractivity contribution >= 4 is 0 Å². The van der Waals surface area contributed by atoms with E-state index in [1.54, 1.807) is 0 Å². The third kappa shape index (κ3) is 7.00. The minimum Gasteiger partial charge on any atom is -0.389 e. The minimum atomic E-state index is -0.662. The molecule has 1 saturated heterocycles. The van der Waals surface area contributed by atoms with Gasteiger partial charge in [-0.15, -0.1) is 0 Å². The van der Waals surface area contributed by atoms with Gasteiger partial charge in [-0.3, -0.25) is 9.80 Å². The van der Waals surface area contributed by atoms with E-state index >= 15 is 0 Å². The van der Waals surface area contributed by atoms with Crippen molar-refractivity contribution < 1.29 is 9.84 Å². The highest BCUT2D eigenvalue weighted by Gasteiger charge is 2.24. The predicted octanol–water partition coefficient (Wildman–Crippen LogP) is 2.37. The van der Waals surface area contributed by atoms with E-state index in [-0.39, 0.29) is 6.10 Å². The first kappa shape index (κ1) is 18.4. The van der Waals surface area contributed by atoms with Crippen LogP contribution >= 0.6 is 0 Å². The summed E-state index contributed by atoms with van der Waals surface area (Å²) in [6.45, 7) is 12.2. The molecule has 1 atom stereocenters. The van der Waals surface area contributed by atoms with Crippen LogP contribution in [-0.4, -0.2) is 65.9 Å². The van der Waals surface area contributed by atoms with E-state index in [2.05, 4.69) is 47.1 Å². The van der Waals surface area contributed by atoms with Gasteiger partial charge < -0.3 is 9.84 Å². The lowest BCUT2D eigenvalue weighted by molar-refractivity contribution is -0.00517. The summed E-state index contributed by atoms with van der Waals surface area (Å²) in [7, 11) is 0. The van der Waals surface area contributed by atoms with Crippen molar-refractivity contribution in [3.63, 3.8) is 0 Å². The van der Waals surface area contributed by atoms with E-state index in [9.17, 15) is 5.11 Å². The lowest BCUT2D eigenvalue weighted by atomic mass is 10.1. The minimum absolute atomic E-state index is 0.212. The van der Waals surface area contributed by atoms with E-state index < -0.39 is 5.60 Å². The van der Waals surface area contributed by atoms with Crippen LogP contribution in [0, 0.1) is 0 Å². The first-order valence-electron chi connectivity index (χ1n) is 8.79. The molecule has 1 aliphatic heterocycles. The fourth-order valence-corrected chi connectivity index (χ4v) is 3.21. The van der Waals surface area contributed by atoms with Crippen molar-refractivity contribution in [3.05, 3.63) is 35.9 Å². The smallest absolute Gasteiger partial charge is 0.0828 e. The van der Waals surface area contributed by atoms with Crippen molar-refractivity contribution in [2.75, 3.05) is 39.3 Å². The van der Waals surface area contributed by atoms with Gasteiger partial charge in [0, 0.05) is 39.3 Å². The van der Waals surface area contributed by atoms with Gasteiger partial charge in [0.15, 0.2) is 0 Å². The molecule has 4 heteroatoms. The Morgan fingerprint density at radius 1 is 1.30 bits per heavy atom. The van der Waals surface area contributed by atoms with Crippen LogP contribution in [0.4, 0.5) is 0 Å². The normalized spacial score (nSPS) is 20.7. The molecule has 0 saturated carbocycles. The molecule has 4 nitrogen and oxygen atoms in total. The van der Waals surface area contributed by atoms with Crippen molar-refractivity contribution in [2.24, 2.45) is 0 Å². The third-order valence-corrected chi connectivity index (χ3v) is 4.20. The van der Waals surface area contributed by atoms with Crippen molar-refractivity contribution in [1.29, 1.82) is 0 Å². The maximum absolute atomic E-state index is 10.1. The van der Waals surface area contributed by atoms with Crippen LogP contribution in [0.3, 0.4) is 0 Å². The molecule has 1 heterocycles. The second-order valence-corrected chi connectivity index (χ2v) is 7.21. The Morgan fingerprint density at radius 3 is 2.70 bits per heavy atom. The van der Waals surface area contributed by atoms with Gasteiger partial charge in [-0.05, 0) is 32.4 Å². The Balaban J connectivity index is 1.90. The molecule has 0 aromatic heterocycles. The van der Waals surface area contributed by atoms with Crippen LogP contribution < -0.4 is 0 Å². The highest BCUT2D eigenvalue weighted by molar-refractivity contribution is 5.14. The third-order valence-electron chi connectivity index (χ3n) is 4.20. The zero-order valence-electron chi connectivity index (χ0n) is 14.9. The van der Waals surface area contributed by atoms with Gasteiger partial charge >= 0.3 is 0 Å². The van der Waals surface area contributed by atoms with Crippen LogP contribution in [0.2, 0.25) is 0 Å². The Kier molecular flexibility index (Phi) is 7.03. The fraction of sp³-hybridized carbons (Fsp3) is 0.684. The molecule has 23 heavy (non-hydrogen) atoms. The lowest BCUT2D eigenvalue weighted by Crippen LogP contribution is -2.45. The van der Waals surface area contributed by atoms with Gasteiger partial charge in [0.1, 0.15) is 0 Å². The van der Waals surface area contributed by atoms with Crippen LogP contribution in [0.1, 0.15) is 32.8 Å². The summed E-state index contributed by atoms with van der Waals surface area (Å²) in [5, 5.41) is 10.1. The van der Waals surface area contributed by atoms with Gasteiger partial charge in [-0.1, -0.05) is 37.3 Å². The molecule has 0 spiro atoms. The quantitative estimate of drug-likeness (QED) is 0.837. The first-order valence-corrected chi connectivity index (χ1v) is 8.79. The number of benzene rings is 1. The molecular formula is C19H32N2O2. The number of aliphatic hydroxyl groups is 1. The number of rotatable bonds is 7. The van der Waals surface area contributed by atoms with Crippen molar-refractivity contribution in [1.82, 2.24) is 9.80 Å². The second kappa shape index (κ2) is 8.78. The largest absolute Gasteiger partial charge is 0.389 e. The molecule has 130 valence electrons. The summed E-state index contributed by atoms with van der Waals surface area (Å²) in [6.07, 6.45) is 1.30. The maximum Gasteiger partial charge on any atom is 0.0828 e. The highest BCUT2D eigenvalue weighted by atomic mass is 16.5. The Labute approximate surface area is 141 Å². The molecular weight excluding hydrogens is 288 g/mol. The molecule has 2 rings (SSSR count). The fourth-order valence-electron chi connectivity index (χ4n) is 3.21. The van der Waals surface area contributed by atoms with E-state index in [4.69, 9.17) is 4.74 Å². The molecule has 1 unspecified atom stereocenters. The van der Waals surface area contributed by atoms with E-state index in [1.165, 1.54) is 5.56 Å². The lowest BCUT2D eigenvalue weighted by Gasteiger charge is -2.32. The monoisotopic (exact) mass is 320 g/mol. The van der Waals surface area contributed by atoms with E-state index in [0.717, 1.165) is 45.8 Å². The summed E-state index contributed by atoms with van der Waals surface area (Å²) in [5.74, 6) is 0. The molecule has 0 amide bonds. The molecule has 1 aromatic carbocycles. The zero-order chi connectivity index (χ0) is 16.7. The Morgan fingerprint density at radius 2 is 2.04 bits per heavy atom. The SMILES string of the molecule is CCN(CC1CN(Cc2ccccc2)CCCO1)CC(C)(C)O. The molecule has 1 aliphatic rings. The molecule has 1 fully saturated rings. The number of nitrogens with zero attached hydrogens (tertiary/aromatic N) is 2. The first-order chi connectivity index (χ1) is 11.0. The van der Waals surface area contributed by atoms with E-state index in [1.807, 2.05) is 13.8 Å². The summed E-state index contributed by atoms with van der Waals surface area (Å²) in [4.78, 5) is 4.78. The van der Waals surface area contributed by atoms with Crippen LogP contribution in [0.15, 0.2) is 30.3 Å². The summed E-state index contributed by atoms with van der Waals surface area (Å²) in [6, 6.07) is 10.6. The van der Waals surface area contributed by atoms with Gasteiger partial charge in [-0.25, -0.2) is 0 Å². The molecule has 0 bridgehead atoms. The van der Waals surface area contributed by atoms with Crippen molar-refractivity contribution in [3.8, 4) is 0 Å². The maximum atomic E-state index is 10.1. The molecule has 1 N–H and O–H groups in total. The number of likely N-dealkylation sites (N-methyl/N-ethyl adjacent to an activating group) is 1. The van der Waals surface area contributed by atoms with Crippen molar-refractivity contribution in [2.45, 2.75) is 45.4 Å². The number of ether oxygens (including phenoxy) is 1. The average Bonchev–Trinajstić information content (AvgIpc) is 2.71. The van der Waals surface area contributed by atoms with Gasteiger partial charge in [0.2, 0.25) is 0 Å². The molecule has 0 radical (unpaired) electrons.